The lowest BCUT2D eigenvalue weighted by Gasteiger charge is -2.32. The van der Waals surface area contributed by atoms with Gasteiger partial charge in [-0.3, -0.25) is 14.2 Å². The Morgan fingerprint density at radius 1 is 1.00 bits per heavy atom. The van der Waals surface area contributed by atoms with Gasteiger partial charge < -0.3 is 9.88 Å². The average molecular weight is 388 g/mol. The van der Waals surface area contributed by atoms with E-state index >= 15 is 0 Å². The van der Waals surface area contributed by atoms with Crippen LogP contribution in [0.25, 0.3) is 22.3 Å². The number of fused-ring (bicyclic) bond motifs is 1. The van der Waals surface area contributed by atoms with E-state index in [4.69, 9.17) is 0 Å². The van der Waals surface area contributed by atoms with E-state index < -0.39 is 0 Å². The molecule has 1 aliphatic rings. The monoisotopic (exact) mass is 388 g/mol. The van der Waals surface area contributed by atoms with E-state index in [0.29, 0.717) is 12.6 Å². The molecule has 4 aromatic rings. The van der Waals surface area contributed by atoms with Crippen molar-refractivity contribution >= 4 is 11.0 Å². The average Bonchev–Trinajstić information content (AvgIpc) is 3.37. The van der Waals surface area contributed by atoms with Crippen LogP contribution in [0.2, 0.25) is 0 Å². The van der Waals surface area contributed by atoms with Crippen LogP contribution in [-0.4, -0.2) is 48.8 Å². The predicted molar refractivity (Wildman–Crippen MR) is 113 cm³/mol. The molecule has 4 heterocycles. The maximum Gasteiger partial charge on any atom is 0.326 e. The van der Waals surface area contributed by atoms with Gasteiger partial charge in [0.25, 0.3) is 0 Å². The number of nitrogens with one attached hydrogen (secondary N) is 1. The van der Waals surface area contributed by atoms with Crippen LogP contribution in [0.4, 0.5) is 0 Å². The smallest absolute Gasteiger partial charge is 0.306 e. The van der Waals surface area contributed by atoms with Crippen molar-refractivity contribution < 1.29 is 0 Å². The molecule has 0 saturated carbocycles. The zero-order valence-electron chi connectivity index (χ0n) is 16.2. The summed E-state index contributed by atoms with van der Waals surface area (Å²) in [4.78, 5) is 21.9. The molecule has 1 N–H and O–H groups in total. The van der Waals surface area contributed by atoms with Crippen molar-refractivity contribution in [2.45, 2.75) is 25.4 Å². The van der Waals surface area contributed by atoms with Gasteiger partial charge in [0, 0.05) is 50.3 Å². The number of hydrogen-bond acceptors (Lipinski definition) is 4. The number of para-hydroxylation sites is 2. The highest BCUT2D eigenvalue weighted by atomic mass is 16.1. The van der Waals surface area contributed by atoms with Crippen LogP contribution in [0.15, 0.2) is 65.8 Å². The molecule has 148 valence electrons. The van der Waals surface area contributed by atoms with Crippen LogP contribution in [0.5, 0.6) is 0 Å². The second-order valence-corrected chi connectivity index (χ2v) is 7.57. The van der Waals surface area contributed by atoms with Crippen LogP contribution < -0.4 is 5.69 Å². The Morgan fingerprint density at radius 2 is 1.86 bits per heavy atom. The minimum Gasteiger partial charge on any atom is -0.306 e. The number of aromatic nitrogens is 5. The molecule has 1 fully saturated rings. The minimum absolute atomic E-state index is 0.0289. The number of aromatic amines is 1. The summed E-state index contributed by atoms with van der Waals surface area (Å²) in [6, 6.07) is 14.4. The van der Waals surface area contributed by atoms with Crippen molar-refractivity contribution in [3.8, 4) is 11.3 Å². The lowest BCUT2D eigenvalue weighted by atomic mass is 10.0. The van der Waals surface area contributed by atoms with E-state index in [1.54, 1.807) is 6.20 Å². The molecule has 1 saturated heterocycles. The molecule has 1 aliphatic heterocycles. The van der Waals surface area contributed by atoms with Crippen LogP contribution in [0.1, 0.15) is 18.9 Å². The highest BCUT2D eigenvalue weighted by Gasteiger charge is 2.23. The van der Waals surface area contributed by atoms with E-state index in [1.807, 2.05) is 47.3 Å². The van der Waals surface area contributed by atoms with Crippen LogP contribution >= 0.6 is 0 Å². The first kappa shape index (κ1) is 17.9. The third-order valence-electron chi connectivity index (χ3n) is 5.85. The molecule has 0 atom stereocenters. The summed E-state index contributed by atoms with van der Waals surface area (Å²) >= 11 is 0. The summed E-state index contributed by atoms with van der Waals surface area (Å²) in [6.45, 7) is 3.60. The standard InChI is InChI=1S/C22H24N6O/c29-22-25-19-5-1-2-6-21(19)27(22)15-14-26-12-8-18(9-13-26)28-20(7-11-24-28)17-4-3-10-23-16-17/h1-7,10-11,16,18H,8-9,12-15H2,(H,25,29). The molecule has 0 amide bonds. The molecule has 0 spiro atoms. The normalized spacial score (nSPS) is 15.9. The summed E-state index contributed by atoms with van der Waals surface area (Å²) < 4.78 is 3.99. The van der Waals surface area contributed by atoms with Crippen molar-refractivity contribution in [3.05, 3.63) is 71.5 Å². The summed E-state index contributed by atoms with van der Waals surface area (Å²) in [5, 5.41) is 4.59. The number of likely N-dealkylation sites (tertiary alicyclic amines) is 1. The Morgan fingerprint density at radius 3 is 2.69 bits per heavy atom. The first-order valence-electron chi connectivity index (χ1n) is 10.1. The fourth-order valence-corrected chi connectivity index (χ4v) is 4.31. The van der Waals surface area contributed by atoms with Gasteiger partial charge in [0.2, 0.25) is 0 Å². The van der Waals surface area contributed by atoms with Gasteiger partial charge in [-0.1, -0.05) is 12.1 Å². The summed E-state index contributed by atoms with van der Waals surface area (Å²) in [6.07, 6.45) is 7.66. The molecule has 7 nitrogen and oxygen atoms in total. The summed E-state index contributed by atoms with van der Waals surface area (Å²) in [7, 11) is 0. The first-order chi connectivity index (χ1) is 14.3. The number of benzene rings is 1. The molecule has 0 aliphatic carbocycles. The molecular formula is C22H24N6O. The highest BCUT2D eigenvalue weighted by molar-refractivity contribution is 5.74. The van der Waals surface area contributed by atoms with Gasteiger partial charge in [-0.05, 0) is 43.2 Å². The van der Waals surface area contributed by atoms with Gasteiger partial charge in [-0.25, -0.2) is 4.79 Å². The Balaban J connectivity index is 1.23. The number of imidazole rings is 1. The van der Waals surface area contributed by atoms with Crippen molar-refractivity contribution in [2.75, 3.05) is 19.6 Å². The fourth-order valence-electron chi connectivity index (χ4n) is 4.31. The highest BCUT2D eigenvalue weighted by Crippen LogP contribution is 2.28. The van der Waals surface area contributed by atoms with Crippen molar-refractivity contribution in [3.63, 3.8) is 0 Å². The molecule has 3 aromatic heterocycles. The molecule has 29 heavy (non-hydrogen) atoms. The van der Waals surface area contributed by atoms with Gasteiger partial charge in [-0.15, -0.1) is 0 Å². The van der Waals surface area contributed by atoms with E-state index in [9.17, 15) is 4.79 Å². The van der Waals surface area contributed by atoms with Gasteiger partial charge in [0.15, 0.2) is 0 Å². The maximum atomic E-state index is 12.3. The van der Waals surface area contributed by atoms with E-state index in [0.717, 1.165) is 54.8 Å². The second kappa shape index (κ2) is 7.67. The molecule has 5 rings (SSSR count). The zero-order chi connectivity index (χ0) is 19.6. The van der Waals surface area contributed by atoms with Gasteiger partial charge in [0.05, 0.1) is 22.8 Å². The minimum atomic E-state index is -0.0289. The number of pyridine rings is 1. The largest absolute Gasteiger partial charge is 0.326 e. The molecule has 0 unspecified atom stereocenters. The van der Waals surface area contributed by atoms with Crippen LogP contribution in [-0.2, 0) is 6.54 Å². The van der Waals surface area contributed by atoms with Crippen molar-refractivity contribution in [2.24, 2.45) is 0 Å². The predicted octanol–water partition coefficient (Wildman–Crippen LogP) is 2.93. The van der Waals surface area contributed by atoms with Crippen molar-refractivity contribution in [1.82, 2.24) is 29.2 Å². The van der Waals surface area contributed by atoms with Crippen molar-refractivity contribution in [1.29, 1.82) is 0 Å². The van der Waals surface area contributed by atoms with E-state index in [2.05, 4.69) is 36.8 Å². The number of hydrogen-bond donors (Lipinski definition) is 1. The molecular weight excluding hydrogens is 364 g/mol. The third-order valence-corrected chi connectivity index (χ3v) is 5.85. The summed E-state index contributed by atoms with van der Waals surface area (Å²) in [5.41, 5.74) is 4.08. The fraction of sp³-hybridized carbons (Fsp3) is 0.318. The van der Waals surface area contributed by atoms with E-state index in [-0.39, 0.29) is 5.69 Å². The first-order valence-corrected chi connectivity index (χ1v) is 10.1. The molecule has 1 aromatic carbocycles. The Hall–Kier alpha value is -3.19. The summed E-state index contributed by atoms with van der Waals surface area (Å²) in [5.74, 6) is 0. The quantitative estimate of drug-likeness (QED) is 0.571. The van der Waals surface area contributed by atoms with Gasteiger partial charge >= 0.3 is 5.69 Å². The Kier molecular flexibility index (Phi) is 4.73. The number of nitrogens with zero attached hydrogens (tertiary/aromatic N) is 5. The Bertz CT molecular complexity index is 1150. The number of rotatable bonds is 5. The molecule has 0 radical (unpaired) electrons. The van der Waals surface area contributed by atoms with Crippen LogP contribution in [0, 0.1) is 0 Å². The SMILES string of the molecule is O=c1[nH]c2ccccc2n1CCN1CCC(n2nccc2-c2cccnc2)CC1. The lowest BCUT2D eigenvalue weighted by Crippen LogP contribution is -2.37. The number of piperidine rings is 1. The Labute approximate surface area is 168 Å². The molecule has 0 bridgehead atoms. The third kappa shape index (κ3) is 3.49. The van der Waals surface area contributed by atoms with Gasteiger partial charge in [-0.2, -0.15) is 5.10 Å². The topological polar surface area (TPSA) is 71.7 Å². The van der Waals surface area contributed by atoms with Crippen LogP contribution in [0.3, 0.4) is 0 Å². The molecule has 7 heteroatoms. The number of H-pyrrole nitrogens is 1. The zero-order valence-corrected chi connectivity index (χ0v) is 16.2. The van der Waals surface area contributed by atoms with E-state index in [1.165, 1.54) is 0 Å². The second-order valence-electron chi connectivity index (χ2n) is 7.57. The maximum absolute atomic E-state index is 12.3. The van der Waals surface area contributed by atoms with Gasteiger partial charge in [0.1, 0.15) is 0 Å². The lowest BCUT2D eigenvalue weighted by molar-refractivity contribution is 0.176.